The van der Waals surface area contributed by atoms with Gasteiger partial charge in [-0.2, -0.15) is 0 Å². The van der Waals surface area contributed by atoms with Crippen LogP contribution in [0.5, 0.6) is 0 Å². The Hall–Kier alpha value is -0.353. The van der Waals surface area contributed by atoms with Crippen LogP contribution in [0.4, 0.5) is 0 Å². The number of esters is 1. The lowest BCUT2D eigenvalue weighted by Gasteiger charge is -2.33. The van der Waals surface area contributed by atoms with Crippen molar-refractivity contribution in [2.24, 2.45) is 11.3 Å². The van der Waals surface area contributed by atoms with Gasteiger partial charge in [0.05, 0.1) is 6.61 Å². The summed E-state index contributed by atoms with van der Waals surface area (Å²) in [6.07, 6.45) is 6.54. The lowest BCUT2D eigenvalue weighted by molar-refractivity contribution is -0.142. The largest absolute Gasteiger partial charge is 0.466 e. The second kappa shape index (κ2) is 8.18. The summed E-state index contributed by atoms with van der Waals surface area (Å²) >= 11 is 0. The van der Waals surface area contributed by atoms with Crippen LogP contribution < -0.4 is 0 Å². The fraction of sp³-hybridized carbons (Fsp3) is 0.938. The molecular formula is C16H32O3Si. The molecule has 1 aliphatic rings. The predicted molar refractivity (Wildman–Crippen MR) is 85.4 cm³/mol. The molecule has 1 aliphatic heterocycles. The Kier molecular flexibility index (Phi) is 7.24. The normalized spacial score (nSPS) is 22.5. The van der Waals surface area contributed by atoms with E-state index >= 15 is 0 Å². The molecule has 1 rings (SSSR count). The first kappa shape index (κ1) is 17.7. The van der Waals surface area contributed by atoms with Crippen molar-refractivity contribution in [1.82, 2.24) is 0 Å². The van der Waals surface area contributed by atoms with Crippen LogP contribution in [0.2, 0.25) is 13.1 Å². The molecule has 20 heavy (non-hydrogen) atoms. The number of carbonyl (C=O) groups excluding carboxylic acids is 1. The molecule has 0 aromatic heterocycles. The lowest BCUT2D eigenvalue weighted by atomic mass is 9.85. The zero-order chi connectivity index (χ0) is 15.2. The molecule has 1 fully saturated rings. The van der Waals surface area contributed by atoms with Crippen LogP contribution in [0.1, 0.15) is 59.3 Å². The van der Waals surface area contributed by atoms with Gasteiger partial charge in [0.15, 0.2) is 9.04 Å². The molecule has 1 saturated heterocycles. The molecule has 0 N–H and O–H groups in total. The minimum atomic E-state index is -0.985. The maximum atomic E-state index is 11.2. The highest BCUT2D eigenvalue weighted by molar-refractivity contribution is 6.48. The van der Waals surface area contributed by atoms with E-state index in [1.807, 2.05) is 0 Å². The van der Waals surface area contributed by atoms with Gasteiger partial charge in [0, 0.05) is 12.5 Å². The first-order valence-corrected chi connectivity index (χ1v) is 10.9. The van der Waals surface area contributed by atoms with Crippen molar-refractivity contribution in [3.05, 3.63) is 0 Å². The predicted octanol–water partition coefficient (Wildman–Crippen LogP) is 3.91. The number of rotatable bonds is 6. The van der Waals surface area contributed by atoms with Crippen LogP contribution >= 0.6 is 0 Å². The molecule has 0 spiro atoms. The van der Waals surface area contributed by atoms with E-state index in [9.17, 15) is 4.79 Å². The van der Waals surface area contributed by atoms with E-state index in [-0.39, 0.29) is 11.4 Å². The van der Waals surface area contributed by atoms with Crippen LogP contribution in [0.15, 0.2) is 0 Å². The van der Waals surface area contributed by atoms with Gasteiger partial charge in [-0.1, -0.05) is 33.6 Å². The third-order valence-electron chi connectivity index (χ3n) is 4.03. The topological polar surface area (TPSA) is 35.5 Å². The summed E-state index contributed by atoms with van der Waals surface area (Å²) in [6, 6.07) is 0. The molecule has 118 valence electrons. The summed E-state index contributed by atoms with van der Waals surface area (Å²) in [5, 5.41) is 0. The molecule has 3 nitrogen and oxygen atoms in total. The van der Waals surface area contributed by atoms with Gasteiger partial charge in [-0.05, 0) is 43.7 Å². The molecule has 0 amide bonds. The van der Waals surface area contributed by atoms with Gasteiger partial charge in [0.2, 0.25) is 0 Å². The van der Waals surface area contributed by atoms with Crippen LogP contribution in [-0.2, 0) is 14.0 Å². The van der Waals surface area contributed by atoms with E-state index in [1.165, 1.54) is 12.8 Å². The van der Waals surface area contributed by atoms with Gasteiger partial charge in [-0.3, -0.25) is 4.79 Å². The van der Waals surface area contributed by atoms with E-state index in [0.29, 0.717) is 25.0 Å². The second-order valence-electron chi connectivity index (χ2n) is 7.38. The van der Waals surface area contributed by atoms with Crippen molar-refractivity contribution in [3.8, 4) is 0 Å². The maximum Gasteiger partial charge on any atom is 0.305 e. The Labute approximate surface area is 126 Å². The van der Waals surface area contributed by atoms with Crippen molar-refractivity contribution in [2.45, 2.75) is 78.5 Å². The van der Waals surface area contributed by atoms with Crippen molar-refractivity contribution in [3.63, 3.8) is 0 Å². The molecule has 2 unspecified atom stereocenters. The summed E-state index contributed by atoms with van der Waals surface area (Å²) in [5.41, 5.74) is 0.222. The number of hydrogen-bond donors (Lipinski definition) is 0. The summed E-state index contributed by atoms with van der Waals surface area (Å²) < 4.78 is 11.3. The van der Waals surface area contributed by atoms with Crippen LogP contribution in [0, 0.1) is 11.3 Å². The first-order valence-electron chi connectivity index (χ1n) is 8.10. The highest BCUT2D eigenvalue weighted by Crippen LogP contribution is 2.29. The average molecular weight is 301 g/mol. The molecule has 0 aromatic carbocycles. The van der Waals surface area contributed by atoms with E-state index in [2.05, 4.69) is 33.9 Å². The number of hydrogen-bond acceptors (Lipinski definition) is 3. The fourth-order valence-electron chi connectivity index (χ4n) is 2.79. The zero-order valence-electron chi connectivity index (χ0n) is 13.9. The average Bonchev–Trinajstić information content (AvgIpc) is 2.51. The highest BCUT2D eigenvalue weighted by Gasteiger charge is 2.26. The van der Waals surface area contributed by atoms with Crippen LogP contribution in [0.3, 0.4) is 0 Å². The SMILES string of the molecule is C[SiH](C)OC(CCCC1CCOC(=O)CC1)C(C)(C)C. The van der Waals surface area contributed by atoms with Crippen molar-refractivity contribution in [1.29, 1.82) is 0 Å². The molecule has 0 saturated carbocycles. The first-order chi connectivity index (χ1) is 9.29. The summed E-state index contributed by atoms with van der Waals surface area (Å²) in [4.78, 5) is 11.2. The van der Waals surface area contributed by atoms with E-state index in [4.69, 9.17) is 9.16 Å². The molecule has 0 bridgehead atoms. The van der Waals surface area contributed by atoms with E-state index in [0.717, 1.165) is 19.3 Å². The van der Waals surface area contributed by atoms with E-state index in [1.54, 1.807) is 0 Å². The van der Waals surface area contributed by atoms with Gasteiger partial charge in [-0.15, -0.1) is 0 Å². The summed E-state index contributed by atoms with van der Waals surface area (Å²) in [6.45, 7) is 11.9. The maximum absolute atomic E-state index is 11.2. The summed E-state index contributed by atoms with van der Waals surface area (Å²) in [5.74, 6) is 0.632. The van der Waals surface area contributed by atoms with Gasteiger partial charge in [0.25, 0.3) is 0 Å². The van der Waals surface area contributed by atoms with E-state index < -0.39 is 9.04 Å². The molecular weight excluding hydrogens is 268 g/mol. The van der Waals surface area contributed by atoms with Gasteiger partial charge >= 0.3 is 5.97 Å². The van der Waals surface area contributed by atoms with Crippen LogP contribution in [-0.4, -0.2) is 27.7 Å². The molecule has 2 atom stereocenters. The molecule has 1 heterocycles. The third kappa shape index (κ3) is 6.89. The quantitative estimate of drug-likeness (QED) is 0.551. The fourth-order valence-corrected chi connectivity index (χ4v) is 3.99. The highest BCUT2D eigenvalue weighted by atomic mass is 28.3. The third-order valence-corrected chi connectivity index (χ3v) is 4.90. The lowest BCUT2D eigenvalue weighted by Crippen LogP contribution is -2.33. The number of ether oxygens (including phenoxy) is 1. The molecule has 4 heteroatoms. The molecule has 0 radical (unpaired) electrons. The van der Waals surface area contributed by atoms with Gasteiger partial charge in [0.1, 0.15) is 0 Å². The number of carbonyl (C=O) groups is 1. The Morgan fingerprint density at radius 3 is 2.65 bits per heavy atom. The smallest absolute Gasteiger partial charge is 0.305 e. The summed E-state index contributed by atoms with van der Waals surface area (Å²) in [7, 11) is -0.985. The minimum Gasteiger partial charge on any atom is -0.466 e. The Balaban J connectivity index is 2.34. The van der Waals surface area contributed by atoms with Gasteiger partial charge < -0.3 is 9.16 Å². The van der Waals surface area contributed by atoms with Crippen molar-refractivity contribution < 1.29 is 14.0 Å². The molecule has 0 aliphatic carbocycles. The Morgan fingerprint density at radius 2 is 2.05 bits per heavy atom. The van der Waals surface area contributed by atoms with Gasteiger partial charge in [-0.25, -0.2) is 0 Å². The standard InChI is InChI=1S/C16H32O3Si/c1-16(2,3)14(19-20(4)5)8-6-7-13-9-10-15(17)18-12-11-13/h13-14,20H,6-12H2,1-5H3. The minimum absolute atomic E-state index is 0.0193. The van der Waals surface area contributed by atoms with Crippen molar-refractivity contribution >= 4 is 15.0 Å². The zero-order valence-corrected chi connectivity index (χ0v) is 15.1. The monoisotopic (exact) mass is 300 g/mol. The Bertz CT molecular complexity index is 297. The van der Waals surface area contributed by atoms with Crippen LogP contribution in [0.25, 0.3) is 0 Å². The Morgan fingerprint density at radius 1 is 1.35 bits per heavy atom. The number of cyclic esters (lactones) is 1. The second-order valence-corrected chi connectivity index (χ2v) is 9.75. The van der Waals surface area contributed by atoms with Crippen molar-refractivity contribution in [2.75, 3.05) is 6.61 Å². The molecule has 0 aromatic rings.